The molecule has 3 unspecified atom stereocenters. The zero-order valence-electron chi connectivity index (χ0n) is 6.64. The molecule has 0 rings (SSSR count). The van der Waals surface area contributed by atoms with Crippen LogP contribution in [-0.2, 0) is 0 Å². The van der Waals surface area contributed by atoms with E-state index in [1.807, 2.05) is 0 Å². The SMILES string of the molecule is CC(O)C(O)CC(O)CCO. The van der Waals surface area contributed by atoms with Crippen LogP contribution in [0.25, 0.3) is 0 Å². The van der Waals surface area contributed by atoms with Gasteiger partial charge >= 0.3 is 0 Å². The second-order valence-corrected chi connectivity index (χ2v) is 2.71. The van der Waals surface area contributed by atoms with E-state index in [0.717, 1.165) is 0 Å². The number of rotatable bonds is 5. The maximum absolute atomic E-state index is 9.04. The fraction of sp³-hybridized carbons (Fsp3) is 1.00. The molecule has 11 heavy (non-hydrogen) atoms. The summed E-state index contributed by atoms with van der Waals surface area (Å²) in [5.74, 6) is 0. The fourth-order valence-electron chi connectivity index (χ4n) is 0.743. The summed E-state index contributed by atoms with van der Waals surface area (Å²) in [6.45, 7) is 1.35. The maximum Gasteiger partial charge on any atom is 0.0821 e. The van der Waals surface area contributed by atoms with Gasteiger partial charge < -0.3 is 20.4 Å². The molecular formula is C7H16O4. The van der Waals surface area contributed by atoms with Crippen molar-refractivity contribution >= 4 is 0 Å². The summed E-state index contributed by atoms with van der Waals surface area (Å²) in [4.78, 5) is 0. The van der Waals surface area contributed by atoms with Gasteiger partial charge in [0.2, 0.25) is 0 Å². The zero-order chi connectivity index (χ0) is 8.85. The van der Waals surface area contributed by atoms with Gasteiger partial charge in [0.15, 0.2) is 0 Å². The molecule has 0 saturated heterocycles. The number of aliphatic hydroxyl groups excluding tert-OH is 4. The largest absolute Gasteiger partial charge is 0.396 e. The van der Waals surface area contributed by atoms with Crippen molar-refractivity contribution in [1.29, 1.82) is 0 Å². The minimum Gasteiger partial charge on any atom is -0.396 e. The lowest BCUT2D eigenvalue weighted by Crippen LogP contribution is -2.27. The molecule has 0 bridgehead atoms. The molecule has 4 heteroatoms. The monoisotopic (exact) mass is 164 g/mol. The summed E-state index contributed by atoms with van der Waals surface area (Å²) < 4.78 is 0. The lowest BCUT2D eigenvalue weighted by atomic mass is 10.1. The van der Waals surface area contributed by atoms with Gasteiger partial charge in [-0.05, 0) is 13.3 Å². The quantitative estimate of drug-likeness (QED) is 0.414. The predicted octanol–water partition coefficient (Wildman–Crippen LogP) is -1.14. The molecule has 3 atom stereocenters. The van der Waals surface area contributed by atoms with Crippen LogP contribution in [0, 0.1) is 0 Å². The van der Waals surface area contributed by atoms with Crippen LogP contribution in [0.15, 0.2) is 0 Å². The Morgan fingerprint density at radius 2 is 1.73 bits per heavy atom. The van der Waals surface area contributed by atoms with Gasteiger partial charge in [0.1, 0.15) is 0 Å². The minimum absolute atomic E-state index is 0.103. The van der Waals surface area contributed by atoms with E-state index in [4.69, 9.17) is 20.4 Å². The van der Waals surface area contributed by atoms with Crippen LogP contribution in [0.3, 0.4) is 0 Å². The normalized spacial score (nSPS) is 19.4. The highest BCUT2D eigenvalue weighted by molar-refractivity contribution is 4.67. The average molecular weight is 164 g/mol. The number of aliphatic hydroxyl groups is 4. The van der Waals surface area contributed by atoms with Crippen LogP contribution in [0.5, 0.6) is 0 Å². The smallest absolute Gasteiger partial charge is 0.0821 e. The molecule has 0 aromatic heterocycles. The Kier molecular flexibility index (Phi) is 5.41. The first-order valence-electron chi connectivity index (χ1n) is 3.73. The molecule has 0 amide bonds. The molecule has 0 aromatic carbocycles. The van der Waals surface area contributed by atoms with Crippen molar-refractivity contribution in [1.82, 2.24) is 0 Å². The molecular weight excluding hydrogens is 148 g/mol. The molecule has 0 spiro atoms. The summed E-state index contributed by atoms with van der Waals surface area (Å²) in [5, 5.41) is 35.3. The Labute approximate surface area is 66.1 Å². The second kappa shape index (κ2) is 5.49. The van der Waals surface area contributed by atoms with E-state index >= 15 is 0 Å². The molecule has 68 valence electrons. The topological polar surface area (TPSA) is 80.9 Å². The van der Waals surface area contributed by atoms with Gasteiger partial charge in [-0.25, -0.2) is 0 Å². The maximum atomic E-state index is 9.04. The number of hydrogen-bond acceptors (Lipinski definition) is 4. The molecule has 0 aliphatic heterocycles. The van der Waals surface area contributed by atoms with Crippen LogP contribution in [0.2, 0.25) is 0 Å². The van der Waals surface area contributed by atoms with E-state index in [0.29, 0.717) is 0 Å². The van der Waals surface area contributed by atoms with Crippen LogP contribution in [0.1, 0.15) is 19.8 Å². The van der Waals surface area contributed by atoms with E-state index in [2.05, 4.69) is 0 Å². The van der Waals surface area contributed by atoms with Gasteiger partial charge in [0, 0.05) is 13.0 Å². The van der Waals surface area contributed by atoms with Crippen LogP contribution < -0.4 is 0 Å². The van der Waals surface area contributed by atoms with Gasteiger partial charge in [0.25, 0.3) is 0 Å². The molecule has 0 aliphatic carbocycles. The summed E-state index contributed by atoms with van der Waals surface area (Å²) in [6.07, 6.45) is -2.12. The summed E-state index contributed by atoms with van der Waals surface area (Å²) in [5.41, 5.74) is 0. The van der Waals surface area contributed by atoms with Crippen molar-refractivity contribution in [3.05, 3.63) is 0 Å². The fourth-order valence-corrected chi connectivity index (χ4v) is 0.743. The molecule has 0 aromatic rings. The minimum atomic E-state index is -0.906. The van der Waals surface area contributed by atoms with Gasteiger partial charge in [0.05, 0.1) is 18.3 Å². The molecule has 4 N–H and O–H groups in total. The second-order valence-electron chi connectivity index (χ2n) is 2.71. The van der Waals surface area contributed by atoms with Crippen molar-refractivity contribution in [2.75, 3.05) is 6.61 Å². The van der Waals surface area contributed by atoms with Crippen molar-refractivity contribution in [2.24, 2.45) is 0 Å². The molecule has 4 nitrogen and oxygen atoms in total. The highest BCUT2D eigenvalue weighted by Gasteiger charge is 2.15. The lowest BCUT2D eigenvalue weighted by Gasteiger charge is -2.16. The molecule has 0 aliphatic rings. The highest BCUT2D eigenvalue weighted by atomic mass is 16.3. The van der Waals surface area contributed by atoms with Gasteiger partial charge in [-0.15, -0.1) is 0 Å². The van der Waals surface area contributed by atoms with E-state index < -0.39 is 18.3 Å². The highest BCUT2D eigenvalue weighted by Crippen LogP contribution is 2.05. The van der Waals surface area contributed by atoms with E-state index in [1.165, 1.54) is 6.92 Å². The van der Waals surface area contributed by atoms with Gasteiger partial charge in [-0.1, -0.05) is 0 Å². The third-order valence-corrected chi connectivity index (χ3v) is 1.53. The van der Waals surface area contributed by atoms with E-state index in [1.54, 1.807) is 0 Å². The van der Waals surface area contributed by atoms with Crippen molar-refractivity contribution < 1.29 is 20.4 Å². The van der Waals surface area contributed by atoms with Gasteiger partial charge in [-0.2, -0.15) is 0 Å². The van der Waals surface area contributed by atoms with E-state index in [-0.39, 0.29) is 19.4 Å². The van der Waals surface area contributed by atoms with E-state index in [9.17, 15) is 0 Å². The molecule has 0 heterocycles. The Balaban J connectivity index is 3.48. The molecule has 0 fully saturated rings. The first-order chi connectivity index (χ1) is 5.07. The third kappa shape index (κ3) is 5.15. The zero-order valence-corrected chi connectivity index (χ0v) is 6.64. The van der Waals surface area contributed by atoms with Crippen LogP contribution in [-0.4, -0.2) is 45.3 Å². The number of hydrogen-bond donors (Lipinski definition) is 4. The molecule has 0 saturated carbocycles. The lowest BCUT2D eigenvalue weighted by molar-refractivity contribution is -0.00758. The van der Waals surface area contributed by atoms with Crippen LogP contribution in [0.4, 0.5) is 0 Å². The van der Waals surface area contributed by atoms with Crippen molar-refractivity contribution in [2.45, 2.75) is 38.1 Å². The summed E-state index contributed by atoms with van der Waals surface area (Å²) >= 11 is 0. The Morgan fingerprint density at radius 1 is 1.18 bits per heavy atom. The first kappa shape index (κ1) is 10.8. The van der Waals surface area contributed by atoms with Crippen molar-refractivity contribution in [3.63, 3.8) is 0 Å². The third-order valence-electron chi connectivity index (χ3n) is 1.53. The van der Waals surface area contributed by atoms with Crippen molar-refractivity contribution in [3.8, 4) is 0 Å². The predicted molar refractivity (Wildman–Crippen MR) is 40.0 cm³/mol. The average Bonchev–Trinajstić information content (AvgIpc) is 1.87. The Hall–Kier alpha value is -0.160. The summed E-state index contributed by atoms with van der Waals surface area (Å²) in [7, 11) is 0. The molecule has 0 radical (unpaired) electrons. The standard InChI is InChI=1S/C7H16O4/c1-5(9)7(11)4-6(10)2-3-8/h5-11H,2-4H2,1H3. The first-order valence-corrected chi connectivity index (χ1v) is 3.73. The Morgan fingerprint density at radius 3 is 2.09 bits per heavy atom. The Bertz CT molecular complexity index is 94.4. The van der Waals surface area contributed by atoms with Crippen LogP contribution >= 0.6 is 0 Å². The van der Waals surface area contributed by atoms with Gasteiger partial charge in [-0.3, -0.25) is 0 Å². The summed E-state index contributed by atoms with van der Waals surface area (Å²) in [6, 6.07) is 0.